The smallest absolute Gasteiger partial charge is 0.272 e. The van der Waals surface area contributed by atoms with Gasteiger partial charge < -0.3 is 9.64 Å². The summed E-state index contributed by atoms with van der Waals surface area (Å²) in [5.41, 5.74) is 0.450. The van der Waals surface area contributed by atoms with E-state index in [0.717, 1.165) is 16.4 Å². The maximum Gasteiger partial charge on any atom is 0.272 e. The number of sulfonamides is 1. The largest absolute Gasteiger partial charge is 0.378 e. The van der Waals surface area contributed by atoms with Crippen LogP contribution in [0.4, 0.5) is 10.1 Å². The van der Waals surface area contributed by atoms with Gasteiger partial charge in [-0.15, -0.1) is 0 Å². The lowest BCUT2D eigenvalue weighted by Crippen LogP contribution is -2.41. The molecule has 1 aromatic carbocycles. The van der Waals surface area contributed by atoms with Crippen molar-refractivity contribution < 1.29 is 22.3 Å². The van der Waals surface area contributed by atoms with Crippen LogP contribution in [0.3, 0.4) is 0 Å². The van der Waals surface area contributed by atoms with Gasteiger partial charge in [0.05, 0.1) is 23.8 Å². The number of amides is 1. The van der Waals surface area contributed by atoms with Crippen molar-refractivity contribution in [3.05, 3.63) is 54.1 Å². The lowest BCUT2D eigenvalue weighted by Gasteiger charge is -2.27. The molecule has 0 aliphatic carbocycles. The summed E-state index contributed by atoms with van der Waals surface area (Å²) in [6.45, 7) is 1.86. The van der Waals surface area contributed by atoms with Gasteiger partial charge in [0.15, 0.2) is 0 Å². The number of morpholine rings is 1. The van der Waals surface area contributed by atoms with Gasteiger partial charge in [0, 0.05) is 26.3 Å². The molecule has 7 nitrogen and oxygen atoms in total. The molecular formula is C17H18FN3O4S. The standard InChI is InChI=1S/C17H18FN3O4S/c1-20(26(23,24)15-4-2-13(18)3-5-15)14-6-7-19-16(12-14)17(22)21-8-10-25-11-9-21/h2-7,12H,8-11H2,1H3. The van der Waals surface area contributed by atoms with Crippen LogP contribution in [0.1, 0.15) is 10.5 Å². The maximum absolute atomic E-state index is 13.0. The highest BCUT2D eigenvalue weighted by Gasteiger charge is 2.24. The molecule has 0 N–H and O–H groups in total. The van der Waals surface area contributed by atoms with Gasteiger partial charge in [0.2, 0.25) is 0 Å². The topological polar surface area (TPSA) is 79.8 Å². The first-order valence-corrected chi connectivity index (χ1v) is 9.41. The van der Waals surface area contributed by atoms with Gasteiger partial charge >= 0.3 is 0 Å². The highest BCUT2D eigenvalue weighted by atomic mass is 32.2. The molecule has 1 amide bonds. The summed E-state index contributed by atoms with van der Waals surface area (Å²) in [7, 11) is -2.51. The van der Waals surface area contributed by atoms with Crippen molar-refractivity contribution in [2.24, 2.45) is 0 Å². The first-order valence-electron chi connectivity index (χ1n) is 7.97. The number of hydrogen-bond acceptors (Lipinski definition) is 5. The van der Waals surface area contributed by atoms with Gasteiger partial charge in [-0.25, -0.2) is 12.8 Å². The zero-order valence-electron chi connectivity index (χ0n) is 14.1. The third-order valence-electron chi connectivity index (χ3n) is 4.10. The van der Waals surface area contributed by atoms with Crippen molar-refractivity contribution in [3.63, 3.8) is 0 Å². The molecule has 0 unspecified atom stereocenters. The van der Waals surface area contributed by atoms with Gasteiger partial charge in [-0.1, -0.05) is 0 Å². The molecule has 9 heteroatoms. The Kier molecular flexibility index (Phi) is 5.19. The van der Waals surface area contributed by atoms with E-state index in [1.807, 2.05) is 0 Å². The quantitative estimate of drug-likeness (QED) is 0.805. The summed E-state index contributed by atoms with van der Waals surface area (Å²) in [6.07, 6.45) is 1.39. The Bertz CT molecular complexity index is 896. The van der Waals surface area contributed by atoms with Crippen LogP contribution in [-0.2, 0) is 14.8 Å². The molecule has 2 aromatic rings. The van der Waals surface area contributed by atoms with Crippen LogP contribution in [0, 0.1) is 5.82 Å². The summed E-state index contributed by atoms with van der Waals surface area (Å²) >= 11 is 0. The first kappa shape index (κ1) is 18.3. The first-order chi connectivity index (χ1) is 12.4. The fraction of sp³-hybridized carbons (Fsp3) is 0.294. The number of hydrogen-bond donors (Lipinski definition) is 0. The van der Waals surface area contributed by atoms with E-state index in [-0.39, 0.29) is 16.5 Å². The highest BCUT2D eigenvalue weighted by molar-refractivity contribution is 7.92. The monoisotopic (exact) mass is 379 g/mol. The Labute approximate surface area is 151 Å². The van der Waals surface area contributed by atoms with Crippen molar-refractivity contribution >= 4 is 21.6 Å². The summed E-state index contributed by atoms with van der Waals surface area (Å²) in [6, 6.07) is 7.49. The molecule has 1 fully saturated rings. The molecule has 26 heavy (non-hydrogen) atoms. The molecule has 1 aliphatic heterocycles. The minimum atomic E-state index is -3.88. The Morgan fingerprint density at radius 1 is 1.19 bits per heavy atom. The van der Waals surface area contributed by atoms with Crippen LogP contribution >= 0.6 is 0 Å². The minimum Gasteiger partial charge on any atom is -0.378 e. The number of rotatable bonds is 4. The average molecular weight is 379 g/mol. The molecule has 1 aromatic heterocycles. The molecule has 138 valence electrons. The number of carbonyl (C=O) groups is 1. The maximum atomic E-state index is 13.0. The fourth-order valence-corrected chi connectivity index (χ4v) is 3.75. The zero-order valence-corrected chi connectivity index (χ0v) is 14.9. The van der Waals surface area contributed by atoms with Crippen LogP contribution in [0.2, 0.25) is 0 Å². The SMILES string of the molecule is CN(c1ccnc(C(=O)N2CCOCC2)c1)S(=O)(=O)c1ccc(F)cc1. The number of benzene rings is 1. The lowest BCUT2D eigenvalue weighted by molar-refractivity contribution is 0.0299. The molecular weight excluding hydrogens is 361 g/mol. The normalized spacial score (nSPS) is 14.9. The third-order valence-corrected chi connectivity index (χ3v) is 5.90. The molecule has 3 rings (SSSR count). The molecule has 0 bridgehead atoms. The molecule has 0 atom stereocenters. The molecule has 0 spiro atoms. The van der Waals surface area contributed by atoms with Crippen LogP contribution in [0.5, 0.6) is 0 Å². The van der Waals surface area contributed by atoms with Crippen LogP contribution in [0.15, 0.2) is 47.5 Å². The van der Waals surface area contributed by atoms with Crippen molar-refractivity contribution in [1.82, 2.24) is 9.88 Å². The summed E-state index contributed by atoms with van der Waals surface area (Å²) < 4.78 is 44.7. The number of halogens is 1. The van der Waals surface area contributed by atoms with Crippen molar-refractivity contribution in [3.8, 4) is 0 Å². The van der Waals surface area contributed by atoms with Gasteiger partial charge in [0.1, 0.15) is 11.5 Å². The molecule has 1 aliphatic rings. The second-order valence-corrected chi connectivity index (χ2v) is 7.70. The van der Waals surface area contributed by atoms with E-state index < -0.39 is 15.8 Å². The van der Waals surface area contributed by atoms with E-state index in [1.165, 1.54) is 37.5 Å². The lowest BCUT2D eigenvalue weighted by atomic mass is 10.2. The zero-order chi connectivity index (χ0) is 18.7. The number of pyridine rings is 1. The van der Waals surface area contributed by atoms with Gasteiger partial charge in [-0.2, -0.15) is 0 Å². The second kappa shape index (κ2) is 7.38. The fourth-order valence-electron chi connectivity index (χ4n) is 2.56. The van der Waals surface area contributed by atoms with Gasteiger partial charge in [-0.3, -0.25) is 14.1 Å². The third kappa shape index (κ3) is 3.68. The summed E-state index contributed by atoms with van der Waals surface area (Å²) in [5, 5.41) is 0. The number of nitrogens with zero attached hydrogens (tertiary/aromatic N) is 3. The predicted molar refractivity (Wildman–Crippen MR) is 92.9 cm³/mol. The number of carbonyl (C=O) groups excluding carboxylic acids is 1. The van der Waals surface area contributed by atoms with Crippen LogP contribution in [-0.4, -0.2) is 57.6 Å². The molecule has 0 radical (unpaired) electrons. The number of anilines is 1. The van der Waals surface area contributed by atoms with Gasteiger partial charge in [0.25, 0.3) is 15.9 Å². The van der Waals surface area contributed by atoms with E-state index in [2.05, 4.69) is 4.98 Å². The summed E-state index contributed by atoms with van der Waals surface area (Å²) in [4.78, 5) is 18.2. The molecule has 1 saturated heterocycles. The Morgan fingerprint density at radius 3 is 2.50 bits per heavy atom. The van der Waals surface area contributed by atoms with Crippen molar-refractivity contribution in [2.45, 2.75) is 4.90 Å². The molecule has 0 saturated carbocycles. The van der Waals surface area contributed by atoms with E-state index in [9.17, 15) is 17.6 Å². The van der Waals surface area contributed by atoms with Crippen molar-refractivity contribution in [2.75, 3.05) is 37.7 Å². The van der Waals surface area contributed by atoms with E-state index in [0.29, 0.717) is 32.0 Å². The average Bonchev–Trinajstić information content (AvgIpc) is 2.68. The summed E-state index contributed by atoms with van der Waals surface area (Å²) in [5.74, 6) is -0.795. The minimum absolute atomic E-state index is 0.0423. The van der Waals surface area contributed by atoms with E-state index in [4.69, 9.17) is 4.74 Å². The second-order valence-electron chi connectivity index (χ2n) is 5.73. The Hall–Kier alpha value is -2.52. The number of ether oxygens (including phenoxy) is 1. The highest BCUT2D eigenvalue weighted by Crippen LogP contribution is 2.23. The van der Waals surface area contributed by atoms with E-state index >= 15 is 0 Å². The number of aromatic nitrogens is 1. The van der Waals surface area contributed by atoms with Gasteiger partial charge in [-0.05, 0) is 36.4 Å². The Balaban J connectivity index is 1.87. The van der Waals surface area contributed by atoms with Crippen LogP contribution < -0.4 is 4.31 Å². The van der Waals surface area contributed by atoms with Crippen LogP contribution in [0.25, 0.3) is 0 Å². The van der Waals surface area contributed by atoms with E-state index in [1.54, 1.807) is 4.90 Å². The Morgan fingerprint density at radius 2 is 1.85 bits per heavy atom. The van der Waals surface area contributed by atoms with Crippen molar-refractivity contribution in [1.29, 1.82) is 0 Å². The predicted octanol–water partition coefficient (Wildman–Crippen LogP) is 1.52. The molecule has 2 heterocycles.